The maximum absolute atomic E-state index is 13.2. The van der Waals surface area contributed by atoms with Gasteiger partial charge in [0.2, 0.25) is 5.82 Å². The van der Waals surface area contributed by atoms with Crippen molar-refractivity contribution in [1.29, 1.82) is 0 Å². The van der Waals surface area contributed by atoms with Gasteiger partial charge in [0.25, 0.3) is 0 Å². The fourth-order valence-corrected chi connectivity index (χ4v) is 1.39. The van der Waals surface area contributed by atoms with Gasteiger partial charge in [0.05, 0.1) is 4.92 Å². The van der Waals surface area contributed by atoms with Crippen LogP contribution in [0.3, 0.4) is 0 Å². The van der Waals surface area contributed by atoms with E-state index in [9.17, 15) is 14.5 Å². The first-order valence-electron chi connectivity index (χ1n) is 4.06. The fraction of sp³-hybridized carbons (Fsp3) is 0.333. The average molecular weight is 198 g/mol. The second-order valence-corrected chi connectivity index (χ2v) is 3.21. The largest absolute Gasteiger partial charge is 0.372 e. The normalized spacial score (nSPS) is 10.0. The Balaban J connectivity index is 3.50. The topological polar surface area (TPSA) is 46.4 Å². The maximum Gasteiger partial charge on any atom is 0.328 e. The van der Waals surface area contributed by atoms with Crippen LogP contribution < -0.4 is 4.90 Å². The molecule has 0 N–H and O–H groups in total. The van der Waals surface area contributed by atoms with Crippen LogP contribution in [-0.4, -0.2) is 19.0 Å². The van der Waals surface area contributed by atoms with Crippen LogP contribution in [-0.2, 0) is 0 Å². The average Bonchev–Trinajstić information content (AvgIpc) is 2.07. The molecule has 0 aliphatic heterocycles. The molecule has 5 heteroatoms. The van der Waals surface area contributed by atoms with Crippen LogP contribution in [0, 0.1) is 22.9 Å². The fourth-order valence-electron chi connectivity index (χ4n) is 1.39. The summed E-state index contributed by atoms with van der Waals surface area (Å²) in [7, 11) is 3.30. The van der Waals surface area contributed by atoms with Gasteiger partial charge in [-0.25, -0.2) is 0 Å². The van der Waals surface area contributed by atoms with Crippen molar-refractivity contribution < 1.29 is 9.31 Å². The highest BCUT2D eigenvalue weighted by Crippen LogP contribution is 2.32. The number of aryl methyl sites for hydroxylation is 1. The van der Waals surface area contributed by atoms with Crippen molar-refractivity contribution in [2.45, 2.75) is 6.92 Å². The van der Waals surface area contributed by atoms with E-state index < -0.39 is 16.4 Å². The maximum atomic E-state index is 13.2. The minimum atomic E-state index is -0.802. The minimum Gasteiger partial charge on any atom is -0.372 e. The molecule has 0 radical (unpaired) electrons. The second-order valence-electron chi connectivity index (χ2n) is 3.21. The van der Waals surface area contributed by atoms with Gasteiger partial charge in [0, 0.05) is 14.1 Å². The Bertz CT molecular complexity index is 377. The lowest BCUT2D eigenvalue weighted by atomic mass is 10.1. The molecule has 4 nitrogen and oxygen atoms in total. The lowest BCUT2D eigenvalue weighted by molar-refractivity contribution is -0.386. The summed E-state index contributed by atoms with van der Waals surface area (Å²) in [6.45, 7) is 1.71. The molecule has 1 rings (SSSR count). The first-order valence-corrected chi connectivity index (χ1v) is 4.06. The van der Waals surface area contributed by atoms with Crippen molar-refractivity contribution in [3.63, 3.8) is 0 Å². The Labute approximate surface area is 81.1 Å². The predicted octanol–water partition coefficient (Wildman–Crippen LogP) is 2.11. The van der Waals surface area contributed by atoms with Gasteiger partial charge < -0.3 is 4.90 Å². The third-order valence-electron chi connectivity index (χ3n) is 1.93. The van der Waals surface area contributed by atoms with E-state index in [1.807, 2.05) is 0 Å². The minimum absolute atomic E-state index is 0.315. The number of hydrogen-bond acceptors (Lipinski definition) is 3. The van der Waals surface area contributed by atoms with Crippen LogP contribution in [0.25, 0.3) is 0 Å². The first-order chi connectivity index (χ1) is 6.45. The molecule has 0 saturated heterocycles. The molecule has 0 bridgehead atoms. The van der Waals surface area contributed by atoms with E-state index >= 15 is 0 Å². The van der Waals surface area contributed by atoms with Crippen LogP contribution in [0.2, 0.25) is 0 Å². The summed E-state index contributed by atoms with van der Waals surface area (Å²) in [6, 6.07) is 2.64. The summed E-state index contributed by atoms with van der Waals surface area (Å²) in [5.41, 5.74) is 0.535. The molecule has 0 amide bonds. The van der Waals surface area contributed by atoms with Crippen LogP contribution in [0.5, 0.6) is 0 Å². The Hall–Kier alpha value is -1.65. The van der Waals surface area contributed by atoms with E-state index in [4.69, 9.17) is 0 Å². The van der Waals surface area contributed by atoms with Crippen LogP contribution >= 0.6 is 0 Å². The molecule has 0 aliphatic rings. The van der Waals surface area contributed by atoms with Crippen molar-refractivity contribution in [1.82, 2.24) is 0 Å². The summed E-state index contributed by atoms with van der Waals surface area (Å²) < 4.78 is 13.2. The van der Waals surface area contributed by atoms with Gasteiger partial charge in [-0.2, -0.15) is 4.39 Å². The molecule has 76 valence electrons. The monoisotopic (exact) mass is 198 g/mol. The molecular formula is C9H11FN2O2. The van der Waals surface area contributed by atoms with Crippen molar-refractivity contribution >= 4 is 11.4 Å². The third-order valence-corrected chi connectivity index (χ3v) is 1.93. The lowest BCUT2D eigenvalue weighted by Gasteiger charge is -2.15. The molecular weight excluding hydrogens is 187 g/mol. The summed E-state index contributed by atoms with van der Waals surface area (Å²) in [6.07, 6.45) is 0. The standard InChI is InChI=1S/C9H11FN2O2/c1-6-4-5-7(10)9(12(13)14)8(6)11(2)3/h4-5H,1-3H3. The zero-order valence-electron chi connectivity index (χ0n) is 8.24. The molecule has 0 aromatic heterocycles. The highest BCUT2D eigenvalue weighted by atomic mass is 19.1. The molecule has 0 spiro atoms. The van der Waals surface area contributed by atoms with Gasteiger partial charge in [0.15, 0.2) is 0 Å². The van der Waals surface area contributed by atoms with E-state index in [0.717, 1.165) is 6.07 Å². The van der Waals surface area contributed by atoms with Crippen molar-refractivity contribution in [3.8, 4) is 0 Å². The molecule has 0 aliphatic carbocycles. The number of benzene rings is 1. The van der Waals surface area contributed by atoms with Crippen LogP contribution in [0.1, 0.15) is 5.56 Å². The highest BCUT2D eigenvalue weighted by Gasteiger charge is 2.23. The SMILES string of the molecule is Cc1ccc(F)c([N+](=O)[O-])c1N(C)C. The summed E-state index contributed by atoms with van der Waals surface area (Å²) in [5, 5.41) is 10.6. The summed E-state index contributed by atoms with van der Waals surface area (Å²) in [4.78, 5) is 11.5. The highest BCUT2D eigenvalue weighted by molar-refractivity contribution is 5.67. The number of halogens is 1. The van der Waals surface area contributed by atoms with Crippen LogP contribution in [0.15, 0.2) is 12.1 Å². The van der Waals surface area contributed by atoms with Gasteiger partial charge in [-0.15, -0.1) is 0 Å². The molecule has 0 fully saturated rings. The molecule has 0 heterocycles. The summed E-state index contributed by atoms with van der Waals surface area (Å²) >= 11 is 0. The number of nitrogens with zero attached hydrogens (tertiary/aromatic N) is 2. The number of nitro benzene ring substituents is 1. The Morgan fingerprint density at radius 3 is 2.36 bits per heavy atom. The van der Waals surface area contributed by atoms with Crippen molar-refractivity contribution in [2.24, 2.45) is 0 Å². The van der Waals surface area contributed by atoms with Gasteiger partial charge >= 0.3 is 5.69 Å². The Morgan fingerprint density at radius 2 is 2.00 bits per heavy atom. The van der Waals surface area contributed by atoms with E-state index in [1.165, 1.54) is 11.0 Å². The third kappa shape index (κ3) is 1.66. The zero-order valence-corrected chi connectivity index (χ0v) is 8.24. The van der Waals surface area contributed by atoms with Gasteiger partial charge in [0.1, 0.15) is 5.69 Å². The molecule has 1 aromatic carbocycles. The van der Waals surface area contributed by atoms with Gasteiger partial charge in [-0.1, -0.05) is 6.07 Å². The smallest absolute Gasteiger partial charge is 0.328 e. The van der Waals surface area contributed by atoms with Crippen molar-refractivity contribution in [2.75, 3.05) is 19.0 Å². The van der Waals surface area contributed by atoms with Crippen LogP contribution in [0.4, 0.5) is 15.8 Å². The van der Waals surface area contributed by atoms with E-state index in [0.29, 0.717) is 11.3 Å². The number of anilines is 1. The molecule has 1 aromatic rings. The van der Waals surface area contributed by atoms with Gasteiger partial charge in [-0.3, -0.25) is 10.1 Å². The number of nitro groups is 1. The van der Waals surface area contributed by atoms with Crippen molar-refractivity contribution in [3.05, 3.63) is 33.6 Å². The van der Waals surface area contributed by atoms with E-state index in [2.05, 4.69) is 0 Å². The molecule has 0 atom stereocenters. The molecule has 0 unspecified atom stereocenters. The number of hydrogen-bond donors (Lipinski definition) is 0. The van der Waals surface area contributed by atoms with E-state index in [-0.39, 0.29) is 0 Å². The Kier molecular flexibility index (Phi) is 2.69. The van der Waals surface area contributed by atoms with E-state index in [1.54, 1.807) is 21.0 Å². The first kappa shape index (κ1) is 10.4. The molecule has 14 heavy (non-hydrogen) atoms. The lowest BCUT2D eigenvalue weighted by Crippen LogP contribution is -2.13. The summed E-state index contributed by atoms with van der Waals surface area (Å²) in [5.74, 6) is -0.802. The van der Waals surface area contributed by atoms with Gasteiger partial charge in [-0.05, 0) is 18.6 Å². The zero-order chi connectivity index (χ0) is 10.9. The molecule has 0 saturated carbocycles. The predicted molar refractivity (Wildman–Crippen MR) is 52.1 cm³/mol. The second kappa shape index (κ2) is 3.61. The Morgan fingerprint density at radius 1 is 1.43 bits per heavy atom. The quantitative estimate of drug-likeness (QED) is 0.540. The number of rotatable bonds is 2.